The number of amides is 4. The van der Waals surface area contributed by atoms with Gasteiger partial charge in [0.2, 0.25) is 11.8 Å². The van der Waals surface area contributed by atoms with E-state index in [1.165, 1.54) is 19.3 Å². The summed E-state index contributed by atoms with van der Waals surface area (Å²) in [4.78, 5) is 70.4. The molecular weight excluding hydrogens is 638 g/mol. The van der Waals surface area contributed by atoms with E-state index in [1.807, 2.05) is 36.4 Å². The quantitative estimate of drug-likeness (QED) is 0.169. The number of anilines is 1. The third kappa shape index (κ3) is 6.31. The second kappa shape index (κ2) is 12.8. The molecule has 2 fully saturated rings. The Morgan fingerprint density at radius 3 is 2.08 bits per heavy atom. The molecule has 2 N–H and O–H groups in total. The van der Waals surface area contributed by atoms with E-state index in [1.54, 1.807) is 18.2 Å². The first-order valence-corrected chi connectivity index (χ1v) is 16.5. The normalized spacial score (nSPS) is 20.1. The number of nitrogens with one attached hydrogen (secondary N) is 2. The Kier molecular flexibility index (Phi) is 8.38. The maximum Gasteiger partial charge on any atom is 0.262 e. The van der Waals surface area contributed by atoms with Gasteiger partial charge in [-0.05, 0) is 60.0 Å². The highest BCUT2D eigenvalue weighted by atomic mass is 16.5. The number of fused-ring (bicyclic) bond motifs is 1. The van der Waals surface area contributed by atoms with Gasteiger partial charge in [-0.1, -0.05) is 38.1 Å². The smallest absolute Gasteiger partial charge is 0.262 e. The summed E-state index contributed by atoms with van der Waals surface area (Å²) in [5, 5.41) is 5.64. The number of aromatic nitrogens is 2. The highest BCUT2D eigenvalue weighted by molar-refractivity contribution is 6.23. The van der Waals surface area contributed by atoms with E-state index in [4.69, 9.17) is 9.47 Å². The van der Waals surface area contributed by atoms with E-state index in [-0.39, 0.29) is 53.1 Å². The van der Waals surface area contributed by atoms with Crippen molar-refractivity contribution in [3.05, 3.63) is 107 Å². The van der Waals surface area contributed by atoms with Gasteiger partial charge >= 0.3 is 0 Å². The fourth-order valence-corrected chi connectivity index (χ4v) is 6.51. The first kappa shape index (κ1) is 32.6. The number of ketones is 1. The molecule has 12 nitrogen and oxygen atoms in total. The summed E-state index contributed by atoms with van der Waals surface area (Å²) in [5.74, 6) is -0.273. The van der Waals surface area contributed by atoms with Crippen molar-refractivity contribution in [1.29, 1.82) is 0 Å². The molecule has 4 aromatic rings. The van der Waals surface area contributed by atoms with E-state index < -0.39 is 29.7 Å². The maximum atomic E-state index is 13.2. The summed E-state index contributed by atoms with van der Waals surface area (Å²) in [5.41, 5.74) is 3.16. The molecule has 0 bridgehead atoms. The molecule has 1 saturated heterocycles. The summed E-state index contributed by atoms with van der Waals surface area (Å²) >= 11 is 0. The van der Waals surface area contributed by atoms with Gasteiger partial charge in [-0.25, -0.2) is 9.97 Å². The Morgan fingerprint density at radius 2 is 1.46 bits per heavy atom. The minimum absolute atomic E-state index is 0.0311. The van der Waals surface area contributed by atoms with Gasteiger partial charge in [-0.2, -0.15) is 0 Å². The lowest BCUT2D eigenvalue weighted by Crippen LogP contribution is -2.54. The number of hydrogen-bond acceptors (Lipinski definition) is 10. The molecule has 0 spiro atoms. The number of ether oxygens (including phenoxy) is 2. The van der Waals surface area contributed by atoms with Crippen LogP contribution in [0, 0.1) is 0 Å². The third-order valence-electron chi connectivity index (χ3n) is 9.54. The number of imide groups is 2. The first-order chi connectivity index (χ1) is 24.0. The minimum atomic E-state index is -0.991. The van der Waals surface area contributed by atoms with Crippen LogP contribution in [0.25, 0.3) is 0 Å². The molecule has 1 aromatic heterocycles. The molecule has 50 heavy (non-hydrogen) atoms. The number of Topliss-reactive ketones (excluding diaryl/α,β-unsaturated/α-hetero) is 1. The van der Waals surface area contributed by atoms with Crippen molar-refractivity contribution >= 4 is 35.1 Å². The second-order valence-corrected chi connectivity index (χ2v) is 13.3. The molecule has 12 heteroatoms. The van der Waals surface area contributed by atoms with Crippen LogP contribution in [0.2, 0.25) is 0 Å². The summed E-state index contributed by atoms with van der Waals surface area (Å²) in [6.07, 6.45) is 4.72. The summed E-state index contributed by atoms with van der Waals surface area (Å²) < 4.78 is 12.1. The molecule has 3 heterocycles. The molecule has 1 aliphatic carbocycles. The molecule has 254 valence electrons. The zero-order chi connectivity index (χ0) is 35.2. The van der Waals surface area contributed by atoms with Gasteiger partial charge in [0.05, 0.1) is 23.5 Å². The predicted octanol–water partition coefficient (Wildman–Crippen LogP) is 5.22. The molecule has 1 unspecified atom stereocenters. The summed E-state index contributed by atoms with van der Waals surface area (Å²) in [7, 11) is 0. The summed E-state index contributed by atoms with van der Waals surface area (Å²) in [6, 6.07) is 20.1. The van der Waals surface area contributed by atoms with Crippen LogP contribution in [0.4, 0.5) is 5.69 Å². The molecule has 4 amide bonds. The van der Waals surface area contributed by atoms with Gasteiger partial charge < -0.3 is 14.8 Å². The van der Waals surface area contributed by atoms with Crippen LogP contribution in [-0.2, 0) is 15.0 Å². The number of rotatable bonds is 10. The van der Waals surface area contributed by atoms with Crippen molar-refractivity contribution in [2.75, 3.05) is 5.32 Å². The Bertz CT molecular complexity index is 2000. The SMILES string of the molecule is CC(=O)c1ncc(Oc2ccc(C(C)(C)c3ccc(O[C@H]4C[C@H](Nc5ccc6c(c5)C(=O)N(C5CCC(=O)NC5=O)C6=O)C4)cc3)cc2)cn1. The van der Waals surface area contributed by atoms with E-state index in [0.717, 1.165) is 34.6 Å². The second-order valence-electron chi connectivity index (χ2n) is 13.3. The Balaban J connectivity index is 0.912. The predicted molar refractivity (Wildman–Crippen MR) is 181 cm³/mol. The zero-order valence-corrected chi connectivity index (χ0v) is 27.8. The lowest BCUT2D eigenvalue weighted by Gasteiger charge is -2.36. The van der Waals surface area contributed by atoms with Crippen LogP contribution in [0.15, 0.2) is 79.1 Å². The average molecular weight is 674 g/mol. The van der Waals surface area contributed by atoms with Crippen molar-refractivity contribution in [2.45, 2.75) is 70.1 Å². The molecule has 7 rings (SSSR count). The van der Waals surface area contributed by atoms with Crippen LogP contribution < -0.4 is 20.1 Å². The van der Waals surface area contributed by atoms with Crippen LogP contribution >= 0.6 is 0 Å². The van der Waals surface area contributed by atoms with Gasteiger partial charge in [0.25, 0.3) is 11.8 Å². The van der Waals surface area contributed by atoms with Gasteiger partial charge in [-0.3, -0.25) is 34.2 Å². The standard InChI is InChI=1S/C38H35N5O7/c1-21(44)34-39-19-29(20-40-34)50-27-11-6-23(7-12-27)38(2,3)22-4-9-26(10-5-22)49-28-16-25(17-28)41-24-8-13-30-31(18-24)37(48)43(36(30)47)32-14-15-33(45)42-35(32)46/h4-13,18-20,25,28,32,41H,14-17H2,1-3H3,(H,42,45,46)/t25-,28-,32?. The van der Waals surface area contributed by atoms with Crippen molar-refractivity contribution in [3.8, 4) is 17.2 Å². The molecule has 1 saturated carbocycles. The molecular formula is C38H35N5O7. The van der Waals surface area contributed by atoms with Crippen LogP contribution in [0.1, 0.15) is 88.9 Å². The highest BCUT2D eigenvalue weighted by Crippen LogP contribution is 2.36. The molecule has 3 aliphatic rings. The number of piperidine rings is 1. The van der Waals surface area contributed by atoms with Gasteiger partial charge in [-0.15, -0.1) is 0 Å². The highest BCUT2D eigenvalue weighted by Gasteiger charge is 2.44. The van der Waals surface area contributed by atoms with Crippen LogP contribution in [-0.4, -0.2) is 62.5 Å². The monoisotopic (exact) mass is 673 g/mol. The number of carbonyl (C=O) groups excluding carboxylic acids is 5. The van der Waals surface area contributed by atoms with E-state index in [0.29, 0.717) is 17.2 Å². The molecule has 0 radical (unpaired) electrons. The fraction of sp³-hybridized carbons (Fsp3) is 0.289. The minimum Gasteiger partial charge on any atom is -0.490 e. The Hall–Kier alpha value is -5.91. The lowest BCUT2D eigenvalue weighted by atomic mass is 9.78. The van der Waals surface area contributed by atoms with Crippen molar-refractivity contribution in [2.24, 2.45) is 0 Å². The van der Waals surface area contributed by atoms with E-state index in [2.05, 4.69) is 46.6 Å². The molecule has 2 aliphatic heterocycles. The molecule has 1 atom stereocenters. The largest absolute Gasteiger partial charge is 0.490 e. The Labute approximate surface area is 288 Å². The number of nitrogens with zero attached hydrogens (tertiary/aromatic N) is 3. The number of benzene rings is 3. The zero-order valence-electron chi connectivity index (χ0n) is 27.8. The molecule has 3 aromatic carbocycles. The Morgan fingerprint density at radius 1 is 0.840 bits per heavy atom. The van der Waals surface area contributed by atoms with Crippen molar-refractivity contribution < 1.29 is 33.4 Å². The topological polar surface area (TPSA) is 157 Å². The van der Waals surface area contributed by atoms with Crippen LogP contribution in [0.3, 0.4) is 0 Å². The number of carbonyl (C=O) groups is 5. The lowest BCUT2D eigenvalue weighted by molar-refractivity contribution is -0.136. The van der Waals surface area contributed by atoms with E-state index in [9.17, 15) is 24.0 Å². The average Bonchev–Trinajstić information content (AvgIpc) is 3.32. The van der Waals surface area contributed by atoms with Gasteiger partial charge in [0, 0.05) is 43.3 Å². The first-order valence-electron chi connectivity index (χ1n) is 16.5. The maximum absolute atomic E-state index is 13.2. The van der Waals surface area contributed by atoms with Gasteiger partial charge in [0.15, 0.2) is 17.4 Å². The fourth-order valence-electron chi connectivity index (χ4n) is 6.51. The third-order valence-corrected chi connectivity index (χ3v) is 9.54. The summed E-state index contributed by atoms with van der Waals surface area (Å²) in [6.45, 7) is 5.73. The van der Waals surface area contributed by atoms with Crippen molar-refractivity contribution in [3.63, 3.8) is 0 Å². The van der Waals surface area contributed by atoms with E-state index >= 15 is 0 Å². The van der Waals surface area contributed by atoms with Crippen molar-refractivity contribution in [1.82, 2.24) is 20.2 Å². The van der Waals surface area contributed by atoms with Gasteiger partial charge in [0.1, 0.15) is 23.6 Å². The number of hydrogen-bond donors (Lipinski definition) is 2. The van der Waals surface area contributed by atoms with Crippen LogP contribution in [0.5, 0.6) is 17.2 Å².